The minimum absolute atomic E-state index is 0.190. The molecule has 146 valence electrons. The summed E-state index contributed by atoms with van der Waals surface area (Å²) >= 11 is 0. The maximum Gasteiger partial charge on any atom is 0.294 e. The number of fused-ring (bicyclic) bond motifs is 1. The molecule has 0 spiro atoms. The van der Waals surface area contributed by atoms with Gasteiger partial charge in [0.25, 0.3) is 5.69 Å². The number of aryl methyl sites for hydroxylation is 1. The van der Waals surface area contributed by atoms with E-state index in [1.54, 1.807) is 13.0 Å². The maximum absolute atomic E-state index is 12.9. The van der Waals surface area contributed by atoms with E-state index < -0.39 is 4.92 Å². The Morgan fingerprint density at radius 1 is 1.21 bits per heavy atom. The first-order valence-electron chi connectivity index (χ1n) is 9.21. The van der Waals surface area contributed by atoms with E-state index in [4.69, 9.17) is 4.52 Å². The predicted octanol–water partition coefficient (Wildman–Crippen LogP) is 3.56. The summed E-state index contributed by atoms with van der Waals surface area (Å²) in [7, 11) is 0. The molecule has 2 aliphatic rings. The molecule has 1 aliphatic heterocycles. The highest BCUT2D eigenvalue weighted by atomic mass is 16.6. The van der Waals surface area contributed by atoms with Gasteiger partial charge in [0.1, 0.15) is 5.69 Å². The van der Waals surface area contributed by atoms with E-state index in [1.807, 2.05) is 0 Å². The number of imide groups is 1. The van der Waals surface area contributed by atoms with Crippen molar-refractivity contribution >= 4 is 34.8 Å². The summed E-state index contributed by atoms with van der Waals surface area (Å²) in [5.41, 5.74) is 0.792. The molecule has 1 aromatic heterocycles. The summed E-state index contributed by atoms with van der Waals surface area (Å²) in [6.07, 6.45) is 2.27. The van der Waals surface area contributed by atoms with Gasteiger partial charge in [-0.25, -0.2) is 4.90 Å². The van der Waals surface area contributed by atoms with Crippen LogP contribution in [0.25, 0.3) is 0 Å². The Morgan fingerprint density at radius 3 is 2.64 bits per heavy atom. The Bertz CT molecular complexity index is 969. The van der Waals surface area contributed by atoms with Crippen LogP contribution in [0.1, 0.15) is 31.9 Å². The Balaban J connectivity index is 1.67. The largest absolute Gasteiger partial charge is 0.338 e. The molecular weight excluding hydrogens is 364 g/mol. The zero-order chi connectivity index (χ0) is 20.0. The van der Waals surface area contributed by atoms with Crippen molar-refractivity contribution in [2.24, 2.45) is 17.8 Å². The number of hydrogen-bond donors (Lipinski definition) is 1. The fourth-order valence-corrected chi connectivity index (χ4v) is 4.12. The van der Waals surface area contributed by atoms with Crippen LogP contribution in [0.15, 0.2) is 28.8 Å². The van der Waals surface area contributed by atoms with Gasteiger partial charge in [-0.1, -0.05) is 12.1 Å². The maximum atomic E-state index is 12.9. The van der Waals surface area contributed by atoms with Gasteiger partial charge in [0.05, 0.1) is 28.1 Å². The molecule has 1 aliphatic carbocycles. The van der Waals surface area contributed by atoms with Gasteiger partial charge in [-0.2, -0.15) is 0 Å². The molecule has 2 amide bonds. The number of nitro groups is 1. The van der Waals surface area contributed by atoms with Gasteiger partial charge in [0.15, 0.2) is 0 Å². The Labute approximate surface area is 160 Å². The van der Waals surface area contributed by atoms with Crippen molar-refractivity contribution in [3.8, 4) is 0 Å². The number of rotatable bonds is 4. The summed E-state index contributed by atoms with van der Waals surface area (Å²) in [6, 6.07) is 5.87. The van der Waals surface area contributed by atoms with Crippen LogP contribution in [0.5, 0.6) is 0 Å². The molecule has 1 saturated heterocycles. The Morgan fingerprint density at radius 2 is 1.96 bits per heavy atom. The predicted molar refractivity (Wildman–Crippen MR) is 100 cm³/mol. The van der Waals surface area contributed by atoms with Gasteiger partial charge >= 0.3 is 0 Å². The van der Waals surface area contributed by atoms with Gasteiger partial charge in [0, 0.05) is 12.1 Å². The van der Waals surface area contributed by atoms with Crippen LogP contribution in [0.4, 0.5) is 22.9 Å². The summed E-state index contributed by atoms with van der Waals surface area (Å²) in [6.45, 7) is 3.81. The number of carbonyl (C=O) groups is 2. The smallest absolute Gasteiger partial charge is 0.294 e. The van der Waals surface area contributed by atoms with Gasteiger partial charge in [-0.05, 0) is 44.2 Å². The molecule has 9 nitrogen and oxygen atoms in total. The quantitative estimate of drug-likeness (QED) is 0.486. The van der Waals surface area contributed by atoms with E-state index in [0.29, 0.717) is 24.5 Å². The molecule has 0 radical (unpaired) electrons. The summed E-state index contributed by atoms with van der Waals surface area (Å²) < 4.78 is 5.04. The molecule has 0 bridgehead atoms. The summed E-state index contributed by atoms with van der Waals surface area (Å²) in [5.74, 6) is -0.515. The van der Waals surface area contributed by atoms with Crippen LogP contribution >= 0.6 is 0 Å². The van der Waals surface area contributed by atoms with Crippen LogP contribution in [0.2, 0.25) is 0 Å². The number of nitrogens with zero attached hydrogens (tertiary/aromatic N) is 3. The molecule has 9 heteroatoms. The van der Waals surface area contributed by atoms with Crippen molar-refractivity contribution in [2.75, 3.05) is 10.2 Å². The van der Waals surface area contributed by atoms with Crippen LogP contribution in [0, 0.1) is 34.8 Å². The lowest BCUT2D eigenvalue weighted by Gasteiger charge is -2.25. The fraction of sp³-hybridized carbons (Fsp3) is 0.421. The molecule has 2 heterocycles. The zero-order valence-electron chi connectivity index (χ0n) is 15.5. The van der Waals surface area contributed by atoms with Crippen molar-refractivity contribution in [1.82, 2.24) is 5.16 Å². The zero-order valence-corrected chi connectivity index (χ0v) is 15.5. The third kappa shape index (κ3) is 3.02. The monoisotopic (exact) mass is 384 g/mol. The van der Waals surface area contributed by atoms with Crippen molar-refractivity contribution < 1.29 is 19.0 Å². The number of nitrogens with one attached hydrogen (secondary N) is 1. The first-order chi connectivity index (χ1) is 13.3. The lowest BCUT2D eigenvalue weighted by molar-refractivity contribution is -0.383. The highest BCUT2D eigenvalue weighted by Gasteiger charge is 2.50. The van der Waals surface area contributed by atoms with E-state index in [-0.39, 0.29) is 46.6 Å². The second-order valence-corrected chi connectivity index (χ2v) is 7.56. The fourth-order valence-electron chi connectivity index (χ4n) is 4.12. The van der Waals surface area contributed by atoms with Gasteiger partial charge in [-0.15, -0.1) is 0 Å². The summed E-state index contributed by atoms with van der Waals surface area (Å²) in [5, 5.41) is 18.1. The van der Waals surface area contributed by atoms with Crippen LogP contribution < -0.4 is 10.2 Å². The number of nitro benzene ring substituents is 1. The third-order valence-corrected chi connectivity index (χ3v) is 5.51. The number of amides is 2. The van der Waals surface area contributed by atoms with Gasteiger partial charge in [0.2, 0.25) is 17.7 Å². The Kier molecular flexibility index (Phi) is 4.37. The molecule has 2 aromatic rings. The topological polar surface area (TPSA) is 119 Å². The van der Waals surface area contributed by atoms with Crippen molar-refractivity contribution in [1.29, 1.82) is 0 Å². The molecule has 2 fully saturated rings. The van der Waals surface area contributed by atoms with Gasteiger partial charge < -0.3 is 9.84 Å². The van der Waals surface area contributed by atoms with Crippen molar-refractivity contribution in [3.05, 3.63) is 40.1 Å². The number of hydrogen-bond acceptors (Lipinski definition) is 7. The average Bonchev–Trinajstić information content (AvgIpc) is 3.16. The average molecular weight is 384 g/mol. The SMILES string of the molecule is Cc1cc(Nc2ccc(N3C(=O)C4CCC(C)CC4C3=O)cc2[N+](=O)[O-])on1. The van der Waals surface area contributed by atoms with Crippen LogP contribution in [-0.2, 0) is 9.59 Å². The third-order valence-electron chi connectivity index (χ3n) is 5.51. The minimum atomic E-state index is -0.560. The Hall–Kier alpha value is -3.23. The normalized spacial score (nSPS) is 24.4. The summed E-state index contributed by atoms with van der Waals surface area (Å²) in [4.78, 5) is 37.8. The lowest BCUT2D eigenvalue weighted by atomic mass is 9.76. The first-order valence-corrected chi connectivity index (χ1v) is 9.21. The number of benzene rings is 1. The number of carbonyl (C=O) groups excluding carboxylic acids is 2. The van der Waals surface area contributed by atoms with E-state index in [2.05, 4.69) is 17.4 Å². The van der Waals surface area contributed by atoms with E-state index in [1.165, 1.54) is 18.2 Å². The second kappa shape index (κ2) is 6.74. The molecular formula is C19H20N4O5. The van der Waals surface area contributed by atoms with E-state index in [9.17, 15) is 19.7 Å². The molecule has 4 rings (SSSR count). The minimum Gasteiger partial charge on any atom is -0.338 e. The van der Waals surface area contributed by atoms with Crippen molar-refractivity contribution in [2.45, 2.75) is 33.1 Å². The standard InChI is InChI=1S/C19H20N4O5/c1-10-3-5-13-14(7-10)19(25)22(18(13)24)12-4-6-15(16(9-12)23(26)27)20-17-8-11(2)21-28-17/h4,6,8-10,13-14,20H,3,5,7H2,1-2H3. The molecule has 3 unspecified atom stereocenters. The van der Waals surface area contributed by atoms with E-state index >= 15 is 0 Å². The van der Waals surface area contributed by atoms with Gasteiger partial charge in [-0.3, -0.25) is 19.7 Å². The highest BCUT2D eigenvalue weighted by molar-refractivity contribution is 6.22. The highest BCUT2D eigenvalue weighted by Crippen LogP contribution is 2.43. The molecule has 1 aromatic carbocycles. The molecule has 3 atom stereocenters. The van der Waals surface area contributed by atoms with Crippen molar-refractivity contribution in [3.63, 3.8) is 0 Å². The second-order valence-electron chi connectivity index (χ2n) is 7.56. The number of aromatic nitrogens is 1. The lowest BCUT2D eigenvalue weighted by Crippen LogP contribution is -2.30. The molecule has 28 heavy (non-hydrogen) atoms. The molecule has 1 saturated carbocycles. The van der Waals surface area contributed by atoms with Crippen LogP contribution in [-0.4, -0.2) is 21.9 Å². The number of anilines is 3. The first kappa shape index (κ1) is 18.1. The van der Waals surface area contributed by atoms with E-state index in [0.717, 1.165) is 11.3 Å². The van der Waals surface area contributed by atoms with Crippen LogP contribution in [0.3, 0.4) is 0 Å². The molecule has 1 N–H and O–H groups in total.